The van der Waals surface area contributed by atoms with Crippen LogP contribution in [0.1, 0.15) is 34.5 Å². The Labute approximate surface area is 230 Å². The number of nitrogens with zero attached hydrogens (tertiary/aromatic N) is 3. The summed E-state index contributed by atoms with van der Waals surface area (Å²) in [6, 6.07) is 8.08. The maximum atomic E-state index is 13.1. The molecule has 11 heteroatoms. The Morgan fingerprint density at radius 2 is 1.90 bits per heavy atom. The monoisotopic (exact) mass is 555 g/mol. The van der Waals surface area contributed by atoms with Gasteiger partial charge in [0.2, 0.25) is 5.88 Å². The number of nitrogens with one attached hydrogen (secondary N) is 2. The van der Waals surface area contributed by atoms with E-state index in [9.17, 15) is 18.0 Å². The minimum atomic E-state index is -4.54. The quantitative estimate of drug-likeness (QED) is 0.427. The summed E-state index contributed by atoms with van der Waals surface area (Å²) in [4.78, 5) is 24.1. The first-order chi connectivity index (χ1) is 19.3. The summed E-state index contributed by atoms with van der Waals surface area (Å²) >= 11 is 0. The van der Waals surface area contributed by atoms with E-state index in [0.717, 1.165) is 60.6 Å². The summed E-state index contributed by atoms with van der Waals surface area (Å²) in [6.45, 7) is 7.06. The van der Waals surface area contributed by atoms with Crippen molar-refractivity contribution in [3.63, 3.8) is 0 Å². The number of anilines is 2. The highest BCUT2D eigenvalue weighted by molar-refractivity contribution is 6.04. The third-order valence-corrected chi connectivity index (χ3v) is 7.21. The second kappa shape index (κ2) is 12.2. The van der Waals surface area contributed by atoms with Gasteiger partial charge >= 0.3 is 6.18 Å². The number of pyridine rings is 2. The molecule has 3 aromatic rings. The Bertz CT molecular complexity index is 1340. The van der Waals surface area contributed by atoms with Crippen LogP contribution in [0.15, 0.2) is 48.8 Å². The number of alkyl halides is 3. The molecule has 0 aliphatic carbocycles. The highest BCUT2D eigenvalue weighted by Crippen LogP contribution is 2.34. The van der Waals surface area contributed by atoms with Gasteiger partial charge in [-0.15, -0.1) is 0 Å². The lowest BCUT2D eigenvalue weighted by Crippen LogP contribution is -2.36. The third kappa shape index (κ3) is 6.71. The van der Waals surface area contributed by atoms with Crippen molar-refractivity contribution in [2.45, 2.75) is 25.9 Å². The van der Waals surface area contributed by atoms with E-state index in [-0.39, 0.29) is 5.56 Å². The number of aryl methyl sites for hydroxylation is 1. The number of hydrogen-bond donors (Lipinski definition) is 2. The Morgan fingerprint density at radius 3 is 2.65 bits per heavy atom. The van der Waals surface area contributed by atoms with Gasteiger partial charge in [-0.3, -0.25) is 9.78 Å². The molecular formula is C29H32F3N5O3. The molecule has 0 atom stereocenters. The van der Waals surface area contributed by atoms with Gasteiger partial charge in [0.15, 0.2) is 0 Å². The van der Waals surface area contributed by atoms with Crippen LogP contribution in [0.3, 0.4) is 0 Å². The second-order valence-electron chi connectivity index (χ2n) is 10.0. The van der Waals surface area contributed by atoms with E-state index in [0.29, 0.717) is 50.4 Å². The molecule has 2 aromatic heterocycles. The summed E-state index contributed by atoms with van der Waals surface area (Å²) in [6.07, 6.45) is 0.800. The van der Waals surface area contributed by atoms with Crippen LogP contribution >= 0.6 is 0 Å². The van der Waals surface area contributed by atoms with Crippen molar-refractivity contribution in [1.82, 2.24) is 15.3 Å². The van der Waals surface area contributed by atoms with Crippen LogP contribution in [-0.4, -0.2) is 61.9 Å². The van der Waals surface area contributed by atoms with E-state index in [4.69, 9.17) is 9.47 Å². The lowest BCUT2D eigenvalue weighted by Gasteiger charge is -2.30. The Kier molecular flexibility index (Phi) is 8.51. The number of aromatic nitrogens is 2. The molecule has 1 aromatic carbocycles. The van der Waals surface area contributed by atoms with Crippen LogP contribution in [0.4, 0.5) is 24.5 Å². The van der Waals surface area contributed by atoms with Gasteiger partial charge in [0.05, 0.1) is 37.3 Å². The van der Waals surface area contributed by atoms with Crippen molar-refractivity contribution < 1.29 is 27.4 Å². The molecule has 0 unspecified atom stereocenters. The van der Waals surface area contributed by atoms with Crippen molar-refractivity contribution in [3.05, 3.63) is 65.6 Å². The fourth-order valence-electron chi connectivity index (χ4n) is 4.91. The molecule has 0 spiro atoms. The van der Waals surface area contributed by atoms with E-state index < -0.39 is 17.6 Å². The molecule has 2 aliphatic heterocycles. The number of rotatable bonds is 7. The van der Waals surface area contributed by atoms with Crippen LogP contribution in [0, 0.1) is 12.8 Å². The van der Waals surface area contributed by atoms with Gasteiger partial charge in [0.25, 0.3) is 5.91 Å². The predicted octanol–water partition coefficient (Wildman–Crippen LogP) is 4.94. The first-order valence-electron chi connectivity index (χ1n) is 13.4. The van der Waals surface area contributed by atoms with Gasteiger partial charge in [0, 0.05) is 41.7 Å². The Balaban J connectivity index is 1.39. The first kappa shape index (κ1) is 27.9. The largest absolute Gasteiger partial charge is 0.476 e. The number of amides is 1. The molecule has 8 nitrogen and oxygen atoms in total. The Morgan fingerprint density at radius 1 is 1.12 bits per heavy atom. The topological polar surface area (TPSA) is 88.6 Å². The van der Waals surface area contributed by atoms with E-state index in [1.165, 1.54) is 18.3 Å². The third-order valence-electron chi connectivity index (χ3n) is 7.21. The van der Waals surface area contributed by atoms with Gasteiger partial charge < -0.3 is 25.0 Å². The zero-order chi connectivity index (χ0) is 28.1. The van der Waals surface area contributed by atoms with Crippen LogP contribution in [0.25, 0.3) is 11.1 Å². The fourth-order valence-corrected chi connectivity index (χ4v) is 4.91. The number of ether oxygens (including phenoxy) is 2. The van der Waals surface area contributed by atoms with E-state index >= 15 is 0 Å². The van der Waals surface area contributed by atoms with Crippen molar-refractivity contribution in [3.8, 4) is 17.0 Å². The average Bonchev–Trinajstić information content (AvgIpc) is 2.97. The normalized spacial score (nSPS) is 16.6. The molecule has 2 aliphatic rings. The van der Waals surface area contributed by atoms with Gasteiger partial charge in [-0.2, -0.15) is 13.2 Å². The fraction of sp³-hybridized carbons (Fsp3) is 0.414. The van der Waals surface area contributed by atoms with Crippen molar-refractivity contribution >= 4 is 17.3 Å². The van der Waals surface area contributed by atoms with Gasteiger partial charge in [-0.25, -0.2) is 4.98 Å². The maximum Gasteiger partial charge on any atom is 0.416 e. The van der Waals surface area contributed by atoms with E-state index in [1.807, 2.05) is 13.0 Å². The number of hydrogen-bond acceptors (Lipinski definition) is 7. The molecule has 2 fully saturated rings. The zero-order valence-electron chi connectivity index (χ0n) is 22.3. The second-order valence-corrected chi connectivity index (χ2v) is 10.0. The number of piperidine rings is 1. The molecule has 4 heterocycles. The van der Waals surface area contributed by atoms with Crippen molar-refractivity contribution in [2.24, 2.45) is 5.92 Å². The molecule has 0 radical (unpaired) electrons. The summed E-state index contributed by atoms with van der Waals surface area (Å²) in [5.74, 6) is 0.393. The summed E-state index contributed by atoms with van der Waals surface area (Å²) in [5.41, 5.74) is 2.50. The van der Waals surface area contributed by atoms with Crippen LogP contribution in [-0.2, 0) is 10.9 Å². The average molecular weight is 556 g/mol. The summed E-state index contributed by atoms with van der Waals surface area (Å²) in [5, 5.41) is 6.04. The van der Waals surface area contributed by atoms with Crippen LogP contribution in [0.2, 0.25) is 0 Å². The van der Waals surface area contributed by atoms with Crippen molar-refractivity contribution in [1.29, 1.82) is 0 Å². The van der Waals surface area contributed by atoms with Crippen molar-refractivity contribution in [2.75, 3.05) is 56.2 Å². The Hall–Kier alpha value is -3.70. The minimum Gasteiger partial charge on any atom is -0.476 e. The predicted molar refractivity (Wildman–Crippen MR) is 146 cm³/mol. The van der Waals surface area contributed by atoms with Gasteiger partial charge in [-0.05, 0) is 69.1 Å². The van der Waals surface area contributed by atoms with Gasteiger partial charge in [-0.1, -0.05) is 6.07 Å². The summed E-state index contributed by atoms with van der Waals surface area (Å²) < 4.78 is 51.1. The highest BCUT2D eigenvalue weighted by atomic mass is 19.4. The smallest absolute Gasteiger partial charge is 0.416 e. The standard InChI is InChI=1S/C29H32F3N5O3/c1-19-25(15-24(17-34-19)36-27(38)21-3-2-4-23(13-21)29(30,31)32)22-14-26(37-9-11-39-12-10-37)28(35-16-22)40-18-20-5-7-33-8-6-20/h2-4,13-17,20,33H,5-12,18H2,1H3,(H,36,38). The van der Waals surface area contributed by atoms with Gasteiger partial charge in [0.1, 0.15) is 5.69 Å². The molecule has 5 rings (SSSR count). The SMILES string of the molecule is Cc1ncc(NC(=O)c2cccc(C(F)(F)F)c2)cc1-c1cnc(OCC2CCNCC2)c(N2CCOCC2)c1. The molecule has 2 saturated heterocycles. The molecule has 0 bridgehead atoms. The zero-order valence-corrected chi connectivity index (χ0v) is 22.3. The minimum absolute atomic E-state index is 0.0940. The number of morpholine rings is 1. The maximum absolute atomic E-state index is 13.1. The summed E-state index contributed by atoms with van der Waals surface area (Å²) in [7, 11) is 0. The molecular weight excluding hydrogens is 523 g/mol. The molecule has 2 N–H and O–H groups in total. The highest BCUT2D eigenvalue weighted by Gasteiger charge is 2.31. The number of benzene rings is 1. The lowest BCUT2D eigenvalue weighted by atomic mass is 9.99. The molecule has 0 saturated carbocycles. The van der Waals surface area contributed by atoms with Crippen LogP contribution in [0.5, 0.6) is 5.88 Å². The molecule has 40 heavy (non-hydrogen) atoms. The number of halogens is 3. The first-order valence-corrected chi connectivity index (χ1v) is 13.4. The number of carbonyl (C=O) groups excluding carboxylic acids is 1. The van der Waals surface area contributed by atoms with E-state index in [1.54, 1.807) is 12.3 Å². The number of carbonyl (C=O) groups is 1. The molecule has 1 amide bonds. The van der Waals surface area contributed by atoms with E-state index in [2.05, 4.69) is 25.5 Å². The molecule has 212 valence electrons. The lowest BCUT2D eigenvalue weighted by molar-refractivity contribution is -0.137. The van der Waals surface area contributed by atoms with Crippen LogP contribution < -0.4 is 20.3 Å².